The summed E-state index contributed by atoms with van der Waals surface area (Å²) in [6.07, 6.45) is 1.60. The molecule has 0 spiro atoms. The van der Waals surface area contributed by atoms with E-state index in [0.29, 0.717) is 16.9 Å². The normalized spacial score (nSPS) is 10.6. The maximum atomic E-state index is 12.5. The molecule has 0 aliphatic heterocycles. The SMILES string of the molecule is CCOC(=O)c1c(-c2cc(C)ccc2OC)csc1NC(=O)/C=C/C(=O)O. The quantitative estimate of drug-likeness (QED) is 0.555. The second kappa shape index (κ2) is 9.00. The number of aliphatic carboxylic acids is 1. The lowest BCUT2D eigenvalue weighted by atomic mass is 10.0. The topological polar surface area (TPSA) is 102 Å². The van der Waals surface area contributed by atoms with Crippen molar-refractivity contribution in [1.82, 2.24) is 0 Å². The van der Waals surface area contributed by atoms with Gasteiger partial charge in [0.2, 0.25) is 5.91 Å². The molecule has 1 aromatic carbocycles. The van der Waals surface area contributed by atoms with Crippen molar-refractivity contribution in [2.45, 2.75) is 13.8 Å². The Balaban J connectivity index is 2.52. The van der Waals surface area contributed by atoms with Gasteiger partial charge in [0.25, 0.3) is 0 Å². The fourth-order valence-electron chi connectivity index (χ4n) is 2.39. The van der Waals surface area contributed by atoms with E-state index in [1.165, 1.54) is 7.11 Å². The van der Waals surface area contributed by atoms with Crippen LogP contribution in [0.2, 0.25) is 0 Å². The molecule has 2 N–H and O–H groups in total. The van der Waals surface area contributed by atoms with Crippen LogP contribution in [0.15, 0.2) is 35.7 Å². The van der Waals surface area contributed by atoms with E-state index in [2.05, 4.69) is 5.32 Å². The number of hydrogen-bond acceptors (Lipinski definition) is 6. The summed E-state index contributed by atoms with van der Waals surface area (Å²) < 4.78 is 10.5. The third-order valence-electron chi connectivity index (χ3n) is 3.53. The van der Waals surface area contributed by atoms with Gasteiger partial charge in [-0.2, -0.15) is 0 Å². The minimum absolute atomic E-state index is 0.172. The van der Waals surface area contributed by atoms with Gasteiger partial charge in [-0.3, -0.25) is 4.79 Å². The van der Waals surface area contributed by atoms with Crippen molar-refractivity contribution in [3.8, 4) is 16.9 Å². The Morgan fingerprint density at radius 3 is 2.59 bits per heavy atom. The molecular weight excluding hydrogens is 370 g/mol. The van der Waals surface area contributed by atoms with E-state index in [-0.39, 0.29) is 17.2 Å². The summed E-state index contributed by atoms with van der Waals surface area (Å²) in [5.41, 5.74) is 2.43. The maximum absolute atomic E-state index is 12.5. The number of ether oxygens (including phenoxy) is 2. The molecule has 1 aromatic heterocycles. The average molecular weight is 389 g/mol. The summed E-state index contributed by atoms with van der Waals surface area (Å²) in [6, 6.07) is 5.56. The van der Waals surface area contributed by atoms with Crippen LogP contribution >= 0.6 is 11.3 Å². The number of carboxylic acids is 1. The van der Waals surface area contributed by atoms with Crippen molar-refractivity contribution in [2.75, 3.05) is 19.0 Å². The zero-order valence-electron chi connectivity index (χ0n) is 15.1. The molecule has 8 heteroatoms. The first-order valence-electron chi connectivity index (χ1n) is 8.03. The van der Waals surface area contributed by atoms with Crippen molar-refractivity contribution in [1.29, 1.82) is 0 Å². The number of aryl methyl sites for hydroxylation is 1. The number of carbonyl (C=O) groups is 3. The first-order valence-corrected chi connectivity index (χ1v) is 8.91. The third kappa shape index (κ3) is 4.95. The van der Waals surface area contributed by atoms with Crippen LogP contribution in [0.4, 0.5) is 5.00 Å². The molecule has 0 aliphatic rings. The van der Waals surface area contributed by atoms with Crippen molar-refractivity contribution in [3.05, 3.63) is 46.9 Å². The van der Waals surface area contributed by atoms with Crippen LogP contribution in [-0.4, -0.2) is 36.7 Å². The Kier molecular flexibility index (Phi) is 6.73. The van der Waals surface area contributed by atoms with E-state index >= 15 is 0 Å². The smallest absolute Gasteiger partial charge is 0.341 e. The second-order valence-electron chi connectivity index (χ2n) is 5.44. The molecule has 142 valence electrons. The van der Waals surface area contributed by atoms with Crippen LogP contribution in [0, 0.1) is 6.92 Å². The first-order chi connectivity index (χ1) is 12.9. The zero-order chi connectivity index (χ0) is 20.0. The Morgan fingerprint density at radius 2 is 1.96 bits per heavy atom. The molecule has 0 radical (unpaired) electrons. The lowest BCUT2D eigenvalue weighted by Crippen LogP contribution is -2.13. The lowest BCUT2D eigenvalue weighted by Gasteiger charge is -2.11. The molecule has 0 aliphatic carbocycles. The molecular formula is C19H19NO6S. The minimum Gasteiger partial charge on any atom is -0.496 e. The number of carboxylic acid groups (broad SMARTS) is 1. The van der Waals surface area contributed by atoms with E-state index in [1.54, 1.807) is 18.4 Å². The Hall–Kier alpha value is -3.13. The molecule has 0 unspecified atom stereocenters. The number of carbonyl (C=O) groups excluding carboxylic acids is 2. The van der Waals surface area contributed by atoms with Gasteiger partial charge in [-0.15, -0.1) is 11.3 Å². The highest BCUT2D eigenvalue weighted by Crippen LogP contribution is 2.40. The molecule has 7 nitrogen and oxygen atoms in total. The predicted molar refractivity (Wildman–Crippen MR) is 102 cm³/mol. The summed E-state index contributed by atoms with van der Waals surface area (Å²) in [5, 5.41) is 13.2. The predicted octanol–water partition coefficient (Wildman–Crippen LogP) is 3.49. The van der Waals surface area contributed by atoms with Crippen LogP contribution in [0.1, 0.15) is 22.8 Å². The van der Waals surface area contributed by atoms with Crippen LogP contribution in [0.5, 0.6) is 5.75 Å². The number of hydrogen-bond donors (Lipinski definition) is 2. The van der Waals surface area contributed by atoms with Gasteiger partial charge in [0, 0.05) is 28.7 Å². The van der Waals surface area contributed by atoms with Gasteiger partial charge < -0.3 is 19.9 Å². The highest BCUT2D eigenvalue weighted by Gasteiger charge is 2.24. The summed E-state index contributed by atoms with van der Waals surface area (Å²) in [5.74, 6) is -1.91. The van der Waals surface area contributed by atoms with E-state index in [1.807, 2.05) is 19.1 Å². The Bertz CT molecular complexity index is 900. The highest BCUT2D eigenvalue weighted by molar-refractivity contribution is 7.15. The van der Waals surface area contributed by atoms with E-state index in [4.69, 9.17) is 14.6 Å². The molecule has 27 heavy (non-hydrogen) atoms. The maximum Gasteiger partial charge on any atom is 0.341 e. The summed E-state index contributed by atoms with van der Waals surface area (Å²) in [7, 11) is 1.53. The van der Waals surface area contributed by atoms with Gasteiger partial charge in [-0.25, -0.2) is 9.59 Å². The zero-order valence-corrected chi connectivity index (χ0v) is 15.9. The fourth-order valence-corrected chi connectivity index (χ4v) is 3.34. The van der Waals surface area contributed by atoms with Crippen LogP contribution in [-0.2, 0) is 14.3 Å². The third-order valence-corrected chi connectivity index (χ3v) is 4.43. The molecule has 0 saturated carbocycles. The summed E-state index contributed by atoms with van der Waals surface area (Å²) in [6.45, 7) is 3.77. The molecule has 1 amide bonds. The number of esters is 1. The Morgan fingerprint density at radius 1 is 1.22 bits per heavy atom. The number of amides is 1. The number of thiophene rings is 1. The average Bonchev–Trinajstić information content (AvgIpc) is 3.03. The van der Waals surface area contributed by atoms with Gasteiger partial charge in [-0.1, -0.05) is 11.6 Å². The second-order valence-corrected chi connectivity index (χ2v) is 6.32. The highest BCUT2D eigenvalue weighted by atomic mass is 32.1. The van der Waals surface area contributed by atoms with E-state index in [9.17, 15) is 14.4 Å². The molecule has 2 aromatic rings. The molecule has 2 rings (SSSR count). The van der Waals surface area contributed by atoms with Gasteiger partial charge >= 0.3 is 11.9 Å². The number of anilines is 1. The molecule has 0 bridgehead atoms. The number of methoxy groups -OCH3 is 1. The largest absolute Gasteiger partial charge is 0.496 e. The number of nitrogens with one attached hydrogen (secondary N) is 1. The van der Waals surface area contributed by atoms with Crippen molar-refractivity contribution in [2.24, 2.45) is 0 Å². The molecule has 0 fully saturated rings. The fraction of sp³-hybridized carbons (Fsp3) is 0.211. The van der Waals surface area contributed by atoms with E-state index < -0.39 is 17.8 Å². The van der Waals surface area contributed by atoms with E-state index in [0.717, 1.165) is 29.1 Å². The van der Waals surface area contributed by atoms with Crippen molar-refractivity contribution < 1.29 is 29.0 Å². The standard InChI is InChI=1S/C19H19NO6S/c1-4-26-19(24)17-13(12-9-11(2)5-6-14(12)25-3)10-27-18(17)20-15(21)7-8-16(22)23/h5-10H,4H2,1-3H3,(H,20,21)(H,22,23)/b8-7+. The van der Waals surface area contributed by atoms with Crippen molar-refractivity contribution in [3.63, 3.8) is 0 Å². The minimum atomic E-state index is -1.24. The van der Waals surface area contributed by atoms with Crippen molar-refractivity contribution >= 4 is 34.2 Å². The molecule has 0 atom stereocenters. The molecule has 0 saturated heterocycles. The van der Waals surface area contributed by atoms with Gasteiger partial charge in [0.05, 0.1) is 13.7 Å². The van der Waals surface area contributed by atoms with Gasteiger partial charge in [-0.05, 0) is 26.0 Å². The summed E-state index contributed by atoms with van der Waals surface area (Å²) in [4.78, 5) is 35.0. The summed E-state index contributed by atoms with van der Waals surface area (Å²) >= 11 is 1.14. The number of benzene rings is 1. The Labute approximate surface area is 160 Å². The number of rotatable bonds is 7. The van der Waals surface area contributed by atoms with Gasteiger partial charge in [0.1, 0.15) is 16.3 Å². The van der Waals surface area contributed by atoms with Gasteiger partial charge in [0.15, 0.2) is 0 Å². The van der Waals surface area contributed by atoms with Crippen LogP contribution in [0.25, 0.3) is 11.1 Å². The first kappa shape index (κ1) is 20.2. The van der Waals surface area contributed by atoms with Crippen LogP contribution in [0.3, 0.4) is 0 Å². The van der Waals surface area contributed by atoms with Crippen LogP contribution < -0.4 is 10.1 Å². The lowest BCUT2D eigenvalue weighted by molar-refractivity contribution is -0.131. The monoisotopic (exact) mass is 389 g/mol. The molecule has 1 heterocycles.